The molecule has 1 aliphatic rings. The number of hydrogen-bond acceptors (Lipinski definition) is 2. The normalized spacial score (nSPS) is 22.6. The Hall–Kier alpha value is -1.24. The van der Waals surface area contributed by atoms with E-state index in [-0.39, 0.29) is 17.7 Å². The van der Waals surface area contributed by atoms with Crippen molar-refractivity contribution in [1.82, 2.24) is 4.98 Å². The van der Waals surface area contributed by atoms with Gasteiger partial charge in [0, 0.05) is 24.1 Å². The van der Waals surface area contributed by atoms with Crippen molar-refractivity contribution in [2.75, 3.05) is 5.32 Å². The Morgan fingerprint density at radius 1 is 1.59 bits per heavy atom. The molecule has 2 rings (SSSR count). The number of nitrogens with one attached hydrogen (secondary N) is 2. The van der Waals surface area contributed by atoms with Crippen LogP contribution in [0.4, 0.5) is 14.6 Å². The van der Waals surface area contributed by atoms with Gasteiger partial charge in [-0.3, -0.25) is 9.59 Å². The molecule has 0 saturated heterocycles. The monoisotopic (exact) mass is 306 g/mol. The number of rotatable bonds is 3. The summed E-state index contributed by atoms with van der Waals surface area (Å²) in [7, 11) is 0. The Bertz CT molecular complexity index is 503. The van der Waals surface area contributed by atoms with Crippen LogP contribution in [0.3, 0.4) is 0 Å². The first-order valence-corrected chi connectivity index (χ1v) is 5.75. The molecule has 92 valence electrons. The van der Waals surface area contributed by atoms with Gasteiger partial charge >= 0.3 is 0 Å². The number of H-pyrrole nitrogens is 1. The second kappa shape index (κ2) is 4.56. The van der Waals surface area contributed by atoms with Crippen molar-refractivity contribution in [3.8, 4) is 0 Å². The molecule has 17 heavy (non-hydrogen) atoms. The summed E-state index contributed by atoms with van der Waals surface area (Å²) in [6, 6.07) is 1.20. The second-order valence-corrected chi connectivity index (χ2v) is 4.74. The van der Waals surface area contributed by atoms with Crippen LogP contribution in [0, 0.1) is 11.8 Å². The molecule has 0 spiro atoms. The molecule has 2 atom stereocenters. The van der Waals surface area contributed by atoms with Crippen LogP contribution in [-0.2, 0) is 4.79 Å². The van der Waals surface area contributed by atoms with Gasteiger partial charge in [0.25, 0.3) is 0 Å². The molecule has 1 fully saturated rings. The van der Waals surface area contributed by atoms with Gasteiger partial charge in [-0.05, 0) is 22.4 Å². The lowest BCUT2D eigenvalue weighted by Crippen LogP contribution is -2.18. The van der Waals surface area contributed by atoms with Gasteiger partial charge in [-0.2, -0.15) is 0 Å². The third-order valence-electron chi connectivity index (χ3n) is 2.62. The van der Waals surface area contributed by atoms with Gasteiger partial charge in [-0.15, -0.1) is 0 Å². The minimum absolute atomic E-state index is 0.199. The fourth-order valence-electron chi connectivity index (χ4n) is 1.55. The van der Waals surface area contributed by atoms with Crippen molar-refractivity contribution < 1.29 is 13.6 Å². The summed E-state index contributed by atoms with van der Waals surface area (Å²) >= 11 is 3.01. The van der Waals surface area contributed by atoms with E-state index in [1.807, 2.05) is 0 Å². The van der Waals surface area contributed by atoms with Gasteiger partial charge in [-0.25, -0.2) is 8.78 Å². The number of alkyl halides is 2. The van der Waals surface area contributed by atoms with E-state index >= 15 is 0 Å². The van der Waals surface area contributed by atoms with Crippen molar-refractivity contribution in [3.05, 3.63) is 27.0 Å². The molecular weight excluding hydrogens is 298 g/mol. The van der Waals surface area contributed by atoms with Gasteiger partial charge in [0.1, 0.15) is 5.82 Å². The van der Waals surface area contributed by atoms with Crippen molar-refractivity contribution in [2.24, 2.45) is 11.8 Å². The fourth-order valence-corrected chi connectivity index (χ4v) is 1.78. The van der Waals surface area contributed by atoms with Gasteiger partial charge in [-0.1, -0.05) is 0 Å². The summed E-state index contributed by atoms with van der Waals surface area (Å²) in [6.45, 7) is 0. The Kier molecular flexibility index (Phi) is 3.28. The van der Waals surface area contributed by atoms with Crippen LogP contribution in [0.15, 0.2) is 21.5 Å². The smallest absolute Gasteiger partial charge is 0.242 e. The molecule has 1 amide bonds. The first-order chi connectivity index (χ1) is 7.99. The quantitative estimate of drug-likeness (QED) is 0.897. The number of halogens is 3. The zero-order valence-corrected chi connectivity index (χ0v) is 10.1. The first-order valence-electron chi connectivity index (χ1n) is 4.96. The highest BCUT2D eigenvalue weighted by Crippen LogP contribution is 2.43. The Morgan fingerprint density at radius 2 is 2.29 bits per heavy atom. The molecule has 0 bridgehead atoms. The summed E-state index contributed by atoms with van der Waals surface area (Å²) in [5, 5.41) is 2.41. The van der Waals surface area contributed by atoms with Gasteiger partial charge in [0.2, 0.25) is 12.3 Å². The van der Waals surface area contributed by atoms with E-state index in [1.54, 1.807) is 0 Å². The third kappa shape index (κ3) is 2.71. The highest BCUT2D eigenvalue weighted by atomic mass is 79.9. The topological polar surface area (TPSA) is 62.0 Å². The Labute approximate surface area is 104 Å². The van der Waals surface area contributed by atoms with Gasteiger partial charge in [0.05, 0.1) is 4.47 Å². The summed E-state index contributed by atoms with van der Waals surface area (Å²) < 4.78 is 24.8. The molecule has 1 aromatic rings. The lowest BCUT2D eigenvalue weighted by molar-refractivity contribution is -0.118. The number of anilines is 1. The molecule has 0 unspecified atom stereocenters. The van der Waals surface area contributed by atoms with Crippen LogP contribution in [0.2, 0.25) is 0 Å². The molecule has 0 aliphatic heterocycles. The predicted molar refractivity (Wildman–Crippen MR) is 61.0 cm³/mol. The van der Waals surface area contributed by atoms with Crippen molar-refractivity contribution in [1.29, 1.82) is 0 Å². The minimum Gasteiger partial charge on any atom is -0.347 e. The molecule has 1 saturated carbocycles. The lowest BCUT2D eigenvalue weighted by Gasteiger charge is -2.04. The largest absolute Gasteiger partial charge is 0.347 e. The van der Waals surface area contributed by atoms with E-state index in [4.69, 9.17) is 0 Å². The maximum absolute atomic E-state index is 12.2. The van der Waals surface area contributed by atoms with Crippen molar-refractivity contribution >= 4 is 27.7 Å². The molecule has 1 aliphatic carbocycles. The van der Waals surface area contributed by atoms with E-state index in [9.17, 15) is 18.4 Å². The van der Waals surface area contributed by atoms with Crippen molar-refractivity contribution in [3.63, 3.8) is 0 Å². The van der Waals surface area contributed by atoms with Crippen LogP contribution in [0.1, 0.15) is 6.42 Å². The summed E-state index contributed by atoms with van der Waals surface area (Å²) in [6.07, 6.45) is -0.880. The number of pyridine rings is 1. The average Bonchev–Trinajstić information content (AvgIpc) is 3.03. The van der Waals surface area contributed by atoms with E-state index in [0.29, 0.717) is 4.47 Å². The minimum atomic E-state index is -2.46. The summed E-state index contributed by atoms with van der Waals surface area (Å²) in [5.74, 6) is -1.77. The molecule has 4 nitrogen and oxygen atoms in total. The second-order valence-electron chi connectivity index (χ2n) is 3.89. The van der Waals surface area contributed by atoms with E-state index in [2.05, 4.69) is 26.2 Å². The first kappa shape index (κ1) is 12.2. The molecule has 7 heteroatoms. The standard InChI is InChI=1S/C10H9BrF2N2O2/c11-6-3-14-8(2-7(6)16)15-10(17)5-1-4(5)9(12)13/h2-5,9H,1H2,(H2,14,15,16,17)/t4-,5-/m0/s1. The molecule has 1 heterocycles. The van der Waals surface area contributed by atoms with Crippen LogP contribution < -0.4 is 10.7 Å². The van der Waals surface area contributed by atoms with E-state index in [1.165, 1.54) is 12.3 Å². The fraction of sp³-hybridized carbons (Fsp3) is 0.400. The lowest BCUT2D eigenvalue weighted by atomic mass is 10.3. The SMILES string of the molecule is O=C(Nc1cc(=O)c(Br)c[nH]1)[C@H]1C[C@@H]1C(F)F. The third-order valence-corrected chi connectivity index (χ3v) is 3.24. The number of amides is 1. The van der Waals surface area contributed by atoms with E-state index < -0.39 is 24.2 Å². The average molecular weight is 307 g/mol. The van der Waals surface area contributed by atoms with Crippen molar-refractivity contribution in [2.45, 2.75) is 12.8 Å². The van der Waals surface area contributed by atoms with Crippen LogP contribution in [0.25, 0.3) is 0 Å². The van der Waals surface area contributed by atoms with Crippen LogP contribution >= 0.6 is 15.9 Å². The van der Waals surface area contributed by atoms with Crippen LogP contribution in [0.5, 0.6) is 0 Å². The molecular formula is C10H9BrF2N2O2. The van der Waals surface area contributed by atoms with E-state index in [0.717, 1.165) is 0 Å². The maximum Gasteiger partial charge on any atom is 0.242 e. The number of carbonyl (C=O) groups excluding carboxylic acids is 1. The highest BCUT2D eigenvalue weighted by molar-refractivity contribution is 9.10. The Balaban J connectivity index is 2.00. The summed E-state index contributed by atoms with van der Waals surface area (Å²) in [5.41, 5.74) is -0.291. The van der Waals surface area contributed by atoms with Gasteiger partial charge < -0.3 is 10.3 Å². The zero-order chi connectivity index (χ0) is 12.6. The summed E-state index contributed by atoms with van der Waals surface area (Å²) in [4.78, 5) is 25.4. The zero-order valence-electron chi connectivity index (χ0n) is 8.54. The van der Waals surface area contributed by atoms with Crippen LogP contribution in [-0.4, -0.2) is 17.3 Å². The predicted octanol–water partition coefficient (Wildman–Crippen LogP) is 1.98. The molecule has 1 aromatic heterocycles. The maximum atomic E-state index is 12.2. The Morgan fingerprint density at radius 3 is 2.82 bits per heavy atom. The molecule has 0 aromatic carbocycles. The molecule has 2 N–H and O–H groups in total. The molecule has 0 radical (unpaired) electrons. The number of carbonyl (C=O) groups is 1. The number of aromatic nitrogens is 1. The van der Waals surface area contributed by atoms with Gasteiger partial charge in [0.15, 0.2) is 5.43 Å². The highest BCUT2D eigenvalue weighted by Gasteiger charge is 2.48. The number of aromatic amines is 1. The number of hydrogen-bond donors (Lipinski definition) is 2.